The molecular weight excluding hydrogens is 254 g/mol. The Morgan fingerprint density at radius 3 is 2.70 bits per heavy atom. The van der Waals surface area contributed by atoms with Crippen LogP contribution in [0.1, 0.15) is 11.1 Å². The molecule has 106 valence electrons. The van der Waals surface area contributed by atoms with E-state index >= 15 is 0 Å². The molecule has 20 heavy (non-hydrogen) atoms. The number of aromatic nitrogens is 2. The van der Waals surface area contributed by atoms with Gasteiger partial charge >= 0.3 is 6.03 Å². The molecule has 2 rings (SSSR count). The number of aryl methyl sites for hydroxylation is 1. The Bertz CT molecular complexity index is 561. The van der Waals surface area contributed by atoms with E-state index in [0.29, 0.717) is 19.6 Å². The van der Waals surface area contributed by atoms with Crippen molar-refractivity contribution in [3.63, 3.8) is 0 Å². The second kappa shape index (κ2) is 6.72. The monoisotopic (exact) mass is 273 g/mol. The maximum Gasteiger partial charge on any atom is 0.319 e. The Morgan fingerprint density at radius 2 is 2.10 bits per heavy atom. The van der Waals surface area contributed by atoms with Gasteiger partial charge in [-0.2, -0.15) is 5.10 Å². The summed E-state index contributed by atoms with van der Waals surface area (Å²) in [5.74, 6) is 0. The standard InChI is InChI=1S/C14H19N5O/c1-11-9-17-19(10-11)7-6-16-14(20)18-13-4-2-12(8-15)3-5-13/h2-5,9-10H,6-8,15H2,1H3,(H2,16,18,20). The van der Waals surface area contributed by atoms with Crippen LogP contribution in [-0.4, -0.2) is 22.4 Å². The molecular formula is C14H19N5O. The van der Waals surface area contributed by atoms with Gasteiger partial charge in [-0.25, -0.2) is 4.79 Å². The molecule has 4 N–H and O–H groups in total. The van der Waals surface area contributed by atoms with E-state index < -0.39 is 0 Å². The largest absolute Gasteiger partial charge is 0.336 e. The summed E-state index contributed by atoms with van der Waals surface area (Å²) >= 11 is 0. The lowest BCUT2D eigenvalue weighted by Crippen LogP contribution is -2.31. The number of benzene rings is 1. The second-order valence-corrected chi connectivity index (χ2v) is 4.56. The van der Waals surface area contributed by atoms with E-state index in [1.54, 1.807) is 10.9 Å². The molecule has 0 radical (unpaired) electrons. The third-order valence-electron chi connectivity index (χ3n) is 2.84. The van der Waals surface area contributed by atoms with Crippen LogP contribution < -0.4 is 16.4 Å². The SMILES string of the molecule is Cc1cnn(CCNC(=O)Nc2ccc(CN)cc2)c1. The maximum atomic E-state index is 11.7. The molecule has 1 heterocycles. The van der Waals surface area contributed by atoms with Gasteiger partial charge in [-0.3, -0.25) is 4.68 Å². The number of rotatable bonds is 5. The molecule has 0 aliphatic rings. The van der Waals surface area contributed by atoms with E-state index in [2.05, 4.69) is 15.7 Å². The summed E-state index contributed by atoms with van der Waals surface area (Å²) < 4.78 is 1.80. The highest BCUT2D eigenvalue weighted by atomic mass is 16.2. The molecule has 1 aromatic heterocycles. The normalized spacial score (nSPS) is 10.3. The summed E-state index contributed by atoms with van der Waals surface area (Å²) in [5.41, 5.74) is 8.40. The fourth-order valence-corrected chi connectivity index (χ4v) is 1.77. The average Bonchev–Trinajstić information content (AvgIpc) is 2.85. The van der Waals surface area contributed by atoms with Gasteiger partial charge in [-0.15, -0.1) is 0 Å². The minimum absolute atomic E-state index is 0.227. The van der Waals surface area contributed by atoms with Crippen LogP contribution >= 0.6 is 0 Å². The zero-order valence-electron chi connectivity index (χ0n) is 11.5. The van der Waals surface area contributed by atoms with E-state index in [0.717, 1.165) is 16.8 Å². The lowest BCUT2D eigenvalue weighted by atomic mass is 10.2. The first-order chi connectivity index (χ1) is 9.67. The lowest BCUT2D eigenvalue weighted by molar-refractivity contribution is 0.251. The summed E-state index contributed by atoms with van der Waals surface area (Å²) in [5, 5.41) is 9.69. The maximum absolute atomic E-state index is 11.7. The van der Waals surface area contributed by atoms with Crippen LogP contribution in [0.2, 0.25) is 0 Å². The molecule has 0 aliphatic carbocycles. The quantitative estimate of drug-likeness (QED) is 0.771. The molecule has 2 amide bonds. The minimum Gasteiger partial charge on any atom is -0.336 e. The van der Waals surface area contributed by atoms with Crippen LogP contribution in [-0.2, 0) is 13.1 Å². The topological polar surface area (TPSA) is 85.0 Å². The fourth-order valence-electron chi connectivity index (χ4n) is 1.77. The Morgan fingerprint density at radius 1 is 1.35 bits per heavy atom. The van der Waals surface area contributed by atoms with Gasteiger partial charge in [-0.1, -0.05) is 12.1 Å². The predicted octanol–water partition coefficient (Wildman–Crippen LogP) is 1.47. The smallest absolute Gasteiger partial charge is 0.319 e. The van der Waals surface area contributed by atoms with Crippen molar-refractivity contribution in [3.8, 4) is 0 Å². The number of carbonyl (C=O) groups is 1. The van der Waals surface area contributed by atoms with Crippen molar-refractivity contribution >= 4 is 11.7 Å². The highest BCUT2D eigenvalue weighted by molar-refractivity contribution is 5.89. The second-order valence-electron chi connectivity index (χ2n) is 4.56. The van der Waals surface area contributed by atoms with Gasteiger partial charge < -0.3 is 16.4 Å². The van der Waals surface area contributed by atoms with Crippen LogP contribution in [0.15, 0.2) is 36.7 Å². The minimum atomic E-state index is -0.227. The predicted molar refractivity (Wildman–Crippen MR) is 78.3 cm³/mol. The van der Waals surface area contributed by atoms with Gasteiger partial charge in [-0.05, 0) is 30.2 Å². The summed E-state index contributed by atoms with van der Waals surface area (Å²) in [6.45, 7) is 3.64. The van der Waals surface area contributed by atoms with Gasteiger partial charge in [0, 0.05) is 25.0 Å². The van der Waals surface area contributed by atoms with E-state index in [-0.39, 0.29) is 6.03 Å². The Balaban J connectivity index is 1.74. The van der Waals surface area contributed by atoms with Crippen LogP contribution in [0.4, 0.5) is 10.5 Å². The lowest BCUT2D eigenvalue weighted by Gasteiger charge is -2.08. The molecule has 0 spiro atoms. The van der Waals surface area contributed by atoms with Crippen LogP contribution in [0.25, 0.3) is 0 Å². The van der Waals surface area contributed by atoms with Crippen molar-refractivity contribution < 1.29 is 4.79 Å². The van der Waals surface area contributed by atoms with Gasteiger partial charge in [0.1, 0.15) is 0 Å². The Labute approximate surface area is 118 Å². The van der Waals surface area contributed by atoms with Crippen LogP contribution in [0.5, 0.6) is 0 Å². The van der Waals surface area contributed by atoms with Gasteiger partial charge in [0.2, 0.25) is 0 Å². The van der Waals surface area contributed by atoms with Crippen LogP contribution in [0, 0.1) is 6.92 Å². The average molecular weight is 273 g/mol. The van der Waals surface area contributed by atoms with E-state index in [9.17, 15) is 4.79 Å². The molecule has 1 aromatic carbocycles. The molecule has 0 saturated heterocycles. The molecule has 6 heteroatoms. The van der Waals surface area contributed by atoms with Gasteiger partial charge in [0.15, 0.2) is 0 Å². The van der Waals surface area contributed by atoms with Crippen molar-refractivity contribution in [3.05, 3.63) is 47.8 Å². The number of anilines is 1. The molecule has 2 aromatic rings. The van der Waals surface area contributed by atoms with E-state index in [1.807, 2.05) is 37.4 Å². The molecule has 6 nitrogen and oxygen atoms in total. The molecule has 0 atom stereocenters. The highest BCUT2D eigenvalue weighted by Gasteiger charge is 2.01. The number of nitrogens with one attached hydrogen (secondary N) is 2. The number of urea groups is 1. The zero-order valence-corrected chi connectivity index (χ0v) is 11.5. The van der Waals surface area contributed by atoms with E-state index in [1.165, 1.54) is 0 Å². The number of amides is 2. The number of hydrogen-bond donors (Lipinski definition) is 3. The fraction of sp³-hybridized carbons (Fsp3) is 0.286. The number of nitrogens with two attached hydrogens (primary N) is 1. The third-order valence-corrected chi connectivity index (χ3v) is 2.84. The summed E-state index contributed by atoms with van der Waals surface area (Å²) in [4.78, 5) is 11.7. The zero-order chi connectivity index (χ0) is 14.4. The Hall–Kier alpha value is -2.34. The van der Waals surface area contributed by atoms with Gasteiger partial charge in [0.25, 0.3) is 0 Å². The summed E-state index contributed by atoms with van der Waals surface area (Å²) in [6.07, 6.45) is 3.73. The highest BCUT2D eigenvalue weighted by Crippen LogP contribution is 2.08. The molecule has 0 unspecified atom stereocenters. The van der Waals surface area contributed by atoms with Gasteiger partial charge in [0.05, 0.1) is 12.7 Å². The number of hydrogen-bond acceptors (Lipinski definition) is 3. The van der Waals surface area contributed by atoms with Crippen molar-refractivity contribution in [2.24, 2.45) is 5.73 Å². The van der Waals surface area contributed by atoms with Crippen LogP contribution in [0.3, 0.4) is 0 Å². The Kier molecular flexibility index (Phi) is 4.73. The first-order valence-electron chi connectivity index (χ1n) is 6.50. The first-order valence-corrected chi connectivity index (χ1v) is 6.50. The van der Waals surface area contributed by atoms with Crippen molar-refractivity contribution in [1.29, 1.82) is 0 Å². The third kappa shape index (κ3) is 4.10. The molecule has 0 bridgehead atoms. The van der Waals surface area contributed by atoms with E-state index in [4.69, 9.17) is 5.73 Å². The van der Waals surface area contributed by atoms with Crippen molar-refractivity contribution in [1.82, 2.24) is 15.1 Å². The first kappa shape index (κ1) is 14.1. The summed E-state index contributed by atoms with van der Waals surface area (Å²) in [7, 11) is 0. The summed E-state index contributed by atoms with van der Waals surface area (Å²) in [6, 6.07) is 7.22. The number of nitrogens with zero attached hydrogens (tertiary/aromatic N) is 2. The van der Waals surface area contributed by atoms with Crippen molar-refractivity contribution in [2.45, 2.75) is 20.0 Å². The number of carbonyl (C=O) groups excluding carboxylic acids is 1. The molecule has 0 saturated carbocycles. The van der Waals surface area contributed by atoms with Crippen molar-refractivity contribution in [2.75, 3.05) is 11.9 Å². The molecule has 0 aliphatic heterocycles. The molecule has 0 fully saturated rings.